The molecule has 0 aliphatic carbocycles. The van der Waals surface area contributed by atoms with Crippen LogP contribution in [-0.2, 0) is 14.4 Å². The standard InChI is InChI=1S/C4H2N2O2.CH3NOSi/c7-3-5-1-2-6-4-8;3-1-2-4/h1-2H;4H3. The first-order valence-corrected chi connectivity index (χ1v) is 3.47. The van der Waals surface area contributed by atoms with Crippen LogP contribution in [0.2, 0.25) is 0 Å². The van der Waals surface area contributed by atoms with Crippen molar-refractivity contribution in [2.45, 2.75) is 0 Å². The number of isocyanates is 3. The summed E-state index contributed by atoms with van der Waals surface area (Å²) in [6.07, 6.45) is 5.90. The predicted octanol–water partition coefficient (Wildman–Crippen LogP) is -1.27. The number of aliphatic imine (C=N–C) groups is 2. The van der Waals surface area contributed by atoms with Gasteiger partial charge in [-0.05, 0) is 0 Å². The van der Waals surface area contributed by atoms with Gasteiger partial charge >= 0.3 is 0 Å². The monoisotopic (exact) mass is 183 g/mol. The summed E-state index contributed by atoms with van der Waals surface area (Å²) in [5.41, 5.74) is 0. The van der Waals surface area contributed by atoms with Crippen LogP contribution in [-0.4, -0.2) is 28.6 Å². The molecule has 0 N–H and O–H groups in total. The zero-order valence-corrected chi connectivity index (χ0v) is 8.22. The van der Waals surface area contributed by atoms with Crippen molar-refractivity contribution in [1.29, 1.82) is 0 Å². The summed E-state index contributed by atoms with van der Waals surface area (Å²) in [5.74, 6) is 0. The van der Waals surface area contributed by atoms with E-state index < -0.39 is 0 Å². The van der Waals surface area contributed by atoms with Gasteiger partial charge in [-0.25, -0.2) is 14.4 Å². The van der Waals surface area contributed by atoms with E-state index in [4.69, 9.17) is 4.79 Å². The molecular formula is C5H5N3O3Si. The molecule has 0 aliphatic heterocycles. The van der Waals surface area contributed by atoms with Gasteiger partial charge in [-0.15, -0.1) is 0 Å². The lowest BCUT2D eigenvalue weighted by Gasteiger charge is -1.58. The Morgan fingerprint density at radius 3 is 1.42 bits per heavy atom. The Morgan fingerprint density at radius 2 is 1.25 bits per heavy atom. The van der Waals surface area contributed by atoms with E-state index in [9.17, 15) is 9.59 Å². The molecule has 0 radical (unpaired) electrons. The van der Waals surface area contributed by atoms with E-state index in [0.29, 0.717) is 10.4 Å². The molecule has 0 aliphatic rings. The molecule has 0 amide bonds. The molecule has 12 heavy (non-hydrogen) atoms. The first-order chi connectivity index (χ1) is 5.83. The van der Waals surface area contributed by atoms with Gasteiger partial charge < -0.3 is 0 Å². The maximum Gasteiger partial charge on any atom is 0.239 e. The van der Waals surface area contributed by atoms with Gasteiger partial charge in [0.2, 0.25) is 18.2 Å². The topological polar surface area (TPSA) is 88.3 Å². The summed E-state index contributed by atoms with van der Waals surface area (Å²) in [5, 5.41) is 0. The van der Waals surface area contributed by atoms with Crippen LogP contribution in [0.15, 0.2) is 27.0 Å². The summed E-state index contributed by atoms with van der Waals surface area (Å²) in [7, 11) is 0.591. The Morgan fingerprint density at radius 1 is 0.917 bits per heavy atom. The van der Waals surface area contributed by atoms with Gasteiger partial charge in [-0.1, -0.05) is 0 Å². The van der Waals surface area contributed by atoms with E-state index in [1.165, 1.54) is 18.2 Å². The number of rotatable bonds is 2. The van der Waals surface area contributed by atoms with Crippen molar-refractivity contribution >= 4 is 28.6 Å². The van der Waals surface area contributed by atoms with Crippen molar-refractivity contribution in [3.8, 4) is 0 Å². The van der Waals surface area contributed by atoms with Gasteiger partial charge in [0.1, 0.15) is 0 Å². The summed E-state index contributed by atoms with van der Waals surface area (Å²) < 4.78 is 3.07. The van der Waals surface area contributed by atoms with Gasteiger partial charge in [-0.2, -0.15) is 9.98 Å². The highest BCUT2D eigenvalue weighted by atomic mass is 28.2. The van der Waals surface area contributed by atoms with Crippen LogP contribution in [0.25, 0.3) is 0 Å². The van der Waals surface area contributed by atoms with Gasteiger partial charge in [0, 0.05) is 0 Å². The minimum Gasteiger partial charge on any atom is -0.260 e. The Bertz CT molecular complexity index is 250. The Labute approximate surface area is 70.9 Å². The fraction of sp³-hybridized carbons (Fsp3) is 0. The lowest BCUT2D eigenvalue weighted by Crippen LogP contribution is -1.48. The van der Waals surface area contributed by atoms with Crippen molar-refractivity contribution in [3.05, 3.63) is 12.4 Å². The number of hydrogen-bond donors (Lipinski definition) is 0. The average Bonchev–Trinajstić information content (AvgIpc) is 2.13. The molecule has 0 fully saturated rings. The van der Waals surface area contributed by atoms with Crippen molar-refractivity contribution < 1.29 is 14.4 Å². The van der Waals surface area contributed by atoms with Crippen LogP contribution in [0.5, 0.6) is 0 Å². The van der Waals surface area contributed by atoms with Crippen LogP contribution in [0.1, 0.15) is 0 Å². The largest absolute Gasteiger partial charge is 0.260 e. The molecule has 0 atom stereocenters. The molecular weight excluding hydrogens is 178 g/mol. The highest BCUT2D eigenvalue weighted by Crippen LogP contribution is 1.69. The van der Waals surface area contributed by atoms with Crippen molar-refractivity contribution in [2.24, 2.45) is 14.6 Å². The summed E-state index contributed by atoms with van der Waals surface area (Å²) in [6.45, 7) is 0. The zero-order valence-electron chi connectivity index (χ0n) is 6.22. The Balaban J connectivity index is 0. The summed E-state index contributed by atoms with van der Waals surface area (Å²) in [6, 6.07) is 0. The minimum absolute atomic E-state index is 0.591. The minimum atomic E-state index is 0.591. The Hall–Kier alpha value is -1.90. The van der Waals surface area contributed by atoms with Crippen LogP contribution >= 0.6 is 0 Å². The van der Waals surface area contributed by atoms with Crippen molar-refractivity contribution in [3.63, 3.8) is 0 Å². The smallest absolute Gasteiger partial charge is 0.239 e. The molecule has 0 unspecified atom stereocenters. The van der Waals surface area contributed by atoms with Crippen LogP contribution in [0.4, 0.5) is 0 Å². The van der Waals surface area contributed by atoms with Crippen LogP contribution in [0.3, 0.4) is 0 Å². The van der Waals surface area contributed by atoms with Gasteiger partial charge in [-0.3, -0.25) is 4.66 Å². The molecule has 0 heterocycles. The van der Waals surface area contributed by atoms with E-state index in [2.05, 4.69) is 14.6 Å². The second-order valence-corrected chi connectivity index (χ2v) is 1.50. The van der Waals surface area contributed by atoms with E-state index in [1.807, 2.05) is 0 Å². The van der Waals surface area contributed by atoms with Crippen LogP contribution in [0, 0.1) is 0 Å². The molecule has 0 aromatic heterocycles. The van der Waals surface area contributed by atoms with Gasteiger partial charge in [0.05, 0.1) is 12.4 Å². The third kappa shape index (κ3) is 24.3. The maximum atomic E-state index is 9.28. The number of hydrogen-bond acceptors (Lipinski definition) is 6. The van der Waals surface area contributed by atoms with E-state index >= 15 is 0 Å². The lowest BCUT2D eigenvalue weighted by molar-refractivity contribution is 0.564. The molecule has 0 saturated carbocycles. The predicted molar refractivity (Wildman–Crippen MR) is 43.4 cm³/mol. The quantitative estimate of drug-likeness (QED) is 0.304. The highest BCUT2D eigenvalue weighted by Gasteiger charge is 1.57. The van der Waals surface area contributed by atoms with Crippen molar-refractivity contribution in [1.82, 2.24) is 0 Å². The number of nitrogens with zero attached hydrogens (tertiary/aromatic N) is 3. The zero-order chi connectivity index (χ0) is 9.66. The highest BCUT2D eigenvalue weighted by molar-refractivity contribution is 6.07. The number of carbonyl (C=O) groups excluding carboxylic acids is 3. The first kappa shape index (κ1) is 12.7. The fourth-order valence-corrected chi connectivity index (χ4v) is 0.128. The van der Waals surface area contributed by atoms with Crippen LogP contribution < -0.4 is 0 Å². The third-order valence-corrected chi connectivity index (χ3v) is 0.595. The molecule has 62 valence electrons. The van der Waals surface area contributed by atoms with Gasteiger partial charge in [0.15, 0.2) is 10.4 Å². The van der Waals surface area contributed by atoms with Crippen molar-refractivity contribution in [2.75, 3.05) is 0 Å². The average molecular weight is 183 g/mol. The SMILES string of the molecule is O=C=NC=CN=C=O.O=C=N[SiH3]. The summed E-state index contributed by atoms with van der Waals surface area (Å²) in [4.78, 5) is 33.4. The molecule has 0 aromatic carbocycles. The molecule has 0 saturated heterocycles. The molecule has 0 rings (SSSR count). The van der Waals surface area contributed by atoms with E-state index in [1.54, 1.807) is 0 Å². The third-order valence-electron chi connectivity index (χ3n) is 0.412. The molecule has 0 bridgehead atoms. The molecule has 7 heteroatoms. The lowest BCUT2D eigenvalue weighted by atomic mass is 10.9. The molecule has 0 aromatic rings. The van der Waals surface area contributed by atoms with Gasteiger partial charge in [0.25, 0.3) is 0 Å². The second-order valence-electron chi connectivity index (χ2n) is 1.05. The maximum absolute atomic E-state index is 9.28. The normalized spacial score (nSPS) is 6.67. The molecule has 6 nitrogen and oxygen atoms in total. The van der Waals surface area contributed by atoms with E-state index in [0.717, 1.165) is 12.4 Å². The van der Waals surface area contributed by atoms with E-state index in [-0.39, 0.29) is 0 Å². The first-order valence-electron chi connectivity index (χ1n) is 2.58. The fourth-order valence-electron chi connectivity index (χ4n) is 0.128. The molecule has 0 spiro atoms. The second kappa shape index (κ2) is 16.0. The summed E-state index contributed by atoms with van der Waals surface area (Å²) >= 11 is 0. The Kier molecular flexibility index (Phi) is 17.0.